The summed E-state index contributed by atoms with van der Waals surface area (Å²) in [7, 11) is 0. The van der Waals surface area contributed by atoms with Crippen LogP contribution in [0.5, 0.6) is 23.0 Å². The van der Waals surface area contributed by atoms with E-state index in [9.17, 15) is 0 Å². The lowest BCUT2D eigenvalue weighted by Gasteiger charge is -2.32. The van der Waals surface area contributed by atoms with Gasteiger partial charge in [-0.1, -0.05) is 188 Å². The zero-order chi connectivity index (χ0) is 40.8. The van der Waals surface area contributed by atoms with Gasteiger partial charge in [0, 0.05) is 16.6 Å². The highest BCUT2D eigenvalue weighted by atomic mass is 16.6. The van der Waals surface area contributed by atoms with Gasteiger partial charge in [0.15, 0.2) is 23.0 Å². The molecule has 0 bridgehead atoms. The summed E-state index contributed by atoms with van der Waals surface area (Å²) in [5, 5.41) is 2.30. The molecule has 0 N–H and O–H groups in total. The first-order chi connectivity index (χ1) is 30.8. The van der Waals surface area contributed by atoms with Crippen LogP contribution in [-0.4, -0.2) is 0 Å². The van der Waals surface area contributed by atoms with Gasteiger partial charge in [-0.15, -0.1) is 0 Å². The monoisotopic (exact) mass is 791 g/mol. The molecule has 3 aliphatic rings. The maximum absolute atomic E-state index is 7.17. The summed E-state index contributed by atoms with van der Waals surface area (Å²) in [6, 6.07) is 80.4. The van der Waals surface area contributed by atoms with Gasteiger partial charge in [0.1, 0.15) is 0 Å². The number of anilines is 3. The maximum Gasteiger partial charge on any atom is 0.194 e. The third-order valence-electron chi connectivity index (χ3n) is 13.2. The summed E-state index contributed by atoms with van der Waals surface area (Å²) in [6.07, 6.45) is 0. The first-order valence-electron chi connectivity index (χ1n) is 21.2. The van der Waals surface area contributed by atoms with Crippen molar-refractivity contribution in [2.45, 2.75) is 5.41 Å². The molecule has 0 radical (unpaired) electrons. The van der Waals surface area contributed by atoms with Crippen LogP contribution in [0.1, 0.15) is 22.3 Å². The predicted octanol–water partition coefficient (Wildman–Crippen LogP) is 15.9. The van der Waals surface area contributed by atoms with Gasteiger partial charge in [-0.2, -0.15) is 0 Å². The highest BCUT2D eigenvalue weighted by Crippen LogP contribution is 2.66. The van der Waals surface area contributed by atoms with Crippen molar-refractivity contribution >= 4 is 27.8 Å². The Morgan fingerprint density at radius 3 is 1.53 bits per heavy atom. The molecule has 0 aromatic heterocycles. The van der Waals surface area contributed by atoms with Gasteiger partial charge in [0.05, 0.1) is 16.8 Å². The van der Waals surface area contributed by atoms with E-state index < -0.39 is 5.41 Å². The molecule has 2 aliphatic carbocycles. The van der Waals surface area contributed by atoms with E-state index in [1.807, 2.05) is 6.07 Å². The fourth-order valence-electron chi connectivity index (χ4n) is 10.5. The van der Waals surface area contributed by atoms with Crippen LogP contribution in [0.2, 0.25) is 0 Å². The molecule has 0 saturated carbocycles. The first kappa shape index (κ1) is 34.7. The first-order valence-corrected chi connectivity index (χ1v) is 21.2. The smallest absolute Gasteiger partial charge is 0.194 e. The van der Waals surface area contributed by atoms with Crippen LogP contribution in [-0.2, 0) is 5.41 Å². The van der Waals surface area contributed by atoms with Crippen LogP contribution in [0, 0.1) is 0 Å². The fourth-order valence-corrected chi connectivity index (χ4v) is 10.5. The molecule has 62 heavy (non-hydrogen) atoms. The van der Waals surface area contributed by atoms with E-state index in [1.165, 1.54) is 55.6 Å². The second-order valence-corrected chi connectivity index (χ2v) is 16.3. The quantitative estimate of drug-likeness (QED) is 0.173. The van der Waals surface area contributed by atoms with Crippen LogP contribution >= 0.6 is 0 Å². The summed E-state index contributed by atoms with van der Waals surface area (Å²) >= 11 is 0. The molecule has 0 fully saturated rings. The molecule has 1 heterocycles. The summed E-state index contributed by atoms with van der Waals surface area (Å²) < 4.78 is 14.3. The lowest BCUT2D eigenvalue weighted by molar-refractivity contribution is 0.361. The van der Waals surface area contributed by atoms with E-state index in [4.69, 9.17) is 9.47 Å². The minimum Gasteiger partial charge on any atom is -0.449 e. The Morgan fingerprint density at radius 2 is 0.823 bits per heavy atom. The van der Waals surface area contributed by atoms with E-state index in [0.29, 0.717) is 17.2 Å². The molecule has 3 heteroatoms. The van der Waals surface area contributed by atoms with Gasteiger partial charge < -0.3 is 14.4 Å². The van der Waals surface area contributed by atoms with Crippen LogP contribution in [0.15, 0.2) is 224 Å². The Labute approximate surface area is 360 Å². The van der Waals surface area contributed by atoms with E-state index >= 15 is 0 Å². The van der Waals surface area contributed by atoms with Crippen LogP contribution in [0.3, 0.4) is 0 Å². The van der Waals surface area contributed by atoms with Crippen LogP contribution in [0.4, 0.5) is 17.1 Å². The van der Waals surface area contributed by atoms with E-state index in [0.717, 1.165) is 44.7 Å². The molecule has 10 aromatic rings. The summed E-state index contributed by atoms with van der Waals surface area (Å²) in [4.78, 5) is 2.31. The predicted molar refractivity (Wildman–Crippen MR) is 252 cm³/mol. The highest BCUT2D eigenvalue weighted by molar-refractivity contribution is 6.01. The largest absolute Gasteiger partial charge is 0.449 e. The van der Waals surface area contributed by atoms with E-state index in [1.54, 1.807) is 0 Å². The number of hydrogen-bond donors (Lipinski definition) is 0. The zero-order valence-corrected chi connectivity index (χ0v) is 33.6. The Hall–Kier alpha value is -8.14. The van der Waals surface area contributed by atoms with E-state index in [2.05, 4.69) is 223 Å². The third-order valence-corrected chi connectivity index (χ3v) is 13.2. The Balaban J connectivity index is 0.943. The molecular formula is C59H37NO2. The lowest BCUT2D eigenvalue weighted by Crippen LogP contribution is -2.25. The van der Waals surface area contributed by atoms with Gasteiger partial charge in [-0.25, -0.2) is 0 Å². The number of ether oxygens (including phenoxy) is 2. The van der Waals surface area contributed by atoms with Crippen molar-refractivity contribution < 1.29 is 9.47 Å². The molecule has 0 amide bonds. The molecule has 10 aromatic carbocycles. The zero-order valence-electron chi connectivity index (χ0n) is 33.6. The van der Waals surface area contributed by atoms with Crippen molar-refractivity contribution in [2.75, 3.05) is 4.90 Å². The second-order valence-electron chi connectivity index (χ2n) is 16.3. The van der Waals surface area contributed by atoms with Crippen LogP contribution < -0.4 is 14.4 Å². The molecule has 3 nitrogen and oxygen atoms in total. The molecule has 13 rings (SSSR count). The summed E-state index contributed by atoms with van der Waals surface area (Å²) in [5.74, 6) is 2.79. The average molecular weight is 792 g/mol. The van der Waals surface area contributed by atoms with Crippen molar-refractivity contribution in [2.24, 2.45) is 0 Å². The molecular weight excluding hydrogens is 755 g/mol. The van der Waals surface area contributed by atoms with Crippen molar-refractivity contribution in [3.63, 3.8) is 0 Å². The molecule has 1 spiro atoms. The molecule has 290 valence electrons. The maximum atomic E-state index is 7.17. The standard InChI is InChI=1S/C59H37NO2/c1-2-14-38(15-3-1)39-28-30-40(31-29-39)41-32-34-43(35-33-41)60(52-25-12-17-42-16-4-5-18-44(42)52)53-26-13-27-54-57(53)61-55-37-36-51-56(58(55)62-54)47-21-8-11-24-50(47)59(51)48-22-9-6-19-45(48)46-20-7-10-23-49(46)59/h1-37H. The van der Waals surface area contributed by atoms with Crippen molar-refractivity contribution in [1.82, 2.24) is 0 Å². The number of para-hydroxylation sites is 1. The molecule has 0 atom stereocenters. The SMILES string of the molecule is c1ccc(-c2ccc(-c3ccc(N(c4cccc5c4Oc4ccc6c(c4O5)-c4ccccc4C64c5ccccc5-c5ccccc54)c4cccc5ccccc45)cc3)cc2)cc1. The van der Waals surface area contributed by atoms with Crippen molar-refractivity contribution in [1.29, 1.82) is 0 Å². The molecule has 1 aliphatic heterocycles. The van der Waals surface area contributed by atoms with Crippen molar-refractivity contribution in [3.8, 4) is 67.5 Å². The summed E-state index contributed by atoms with van der Waals surface area (Å²) in [5.41, 5.74) is 17.1. The fraction of sp³-hybridized carbons (Fsp3) is 0.0169. The molecule has 0 unspecified atom stereocenters. The molecule has 0 saturated heterocycles. The van der Waals surface area contributed by atoms with Crippen molar-refractivity contribution in [3.05, 3.63) is 247 Å². The second kappa shape index (κ2) is 13.4. The minimum absolute atomic E-state index is 0.471. The number of nitrogens with zero attached hydrogens (tertiary/aromatic N) is 1. The highest BCUT2D eigenvalue weighted by Gasteiger charge is 2.53. The van der Waals surface area contributed by atoms with E-state index in [-0.39, 0.29) is 0 Å². The van der Waals surface area contributed by atoms with Gasteiger partial charge in [-0.3, -0.25) is 0 Å². The lowest BCUT2D eigenvalue weighted by atomic mass is 9.70. The number of fused-ring (bicyclic) bond motifs is 14. The Bertz CT molecular complexity index is 3360. The Kier molecular flexibility index (Phi) is 7.52. The van der Waals surface area contributed by atoms with Crippen LogP contribution in [0.25, 0.3) is 55.3 Å². The van der Waals surface area contributed by atoms with Gasteiger partial charge >= 0.3 is 0 Å². The Morgan fingerprint density at radius 1 is 0.323 bits per heavy atom. The van der Waals surface area contributed by atoms with Gasteiger partial charge in [0.25, 0.3) is 0 Å². The number of benzene rings is 10. The van der Waals surface area contributed by atoms with Gasteiger partial charge in [-0.05, 0) is 103 Å². The normalized spacial score (nSPS) is 13.2. The summed E-state index contributed by atoms with van der Waals surface area (Å²) in [6.45, 7) is 0. The average Bonchev–Trinajstić information content (AvgIpc) is 3.82. The number of hydrogen-bond acceptors (Lipinski definition) is 3. The number of rotatable bonds is 5. The topological polar surface area (TPSA) is 21.7 Å². The third kappa shape index (κ3) is 4.94. The van der Waals surface area contributed by atoms with Gasteiger partial charge in [0.2, 0.25) is 0 Å². The minimum atomic E-state index is -0.471.